The predicted octanol–water partition coefficient (Wildman–Crippen LogP) is 1.82. The minimum Gasteiger partial charge on any atom is -0.480 e. The van der Waals surface area contributed by atoms with Crippen LogP contribution in [0, 0.1) is 0 Å². The van der Waals surface area contributed by atoms with E-state index in [0.29, 0.717) is 5.69 Å². The van der Waals surface area contributed by atoms with E-state index in [4.69, 9.17) is 0 Å². The summed E-state index contributed by atoms with van der Waals surface area (Å²) in [6.45, 7) is 0. The quantitative estimate of drug-likeness (QED) is 0.843. The molecule has 0 saturated heterocycles. The maximum Gasteiger partial charge on any atom is 0.326 e. The third kappa shape index (κ3) is 3.61. The Kier molecular flexibility index (Phi) is 4.88. The van der Waals surface area contributed by atoms with E-state index >= 15 is 0 Å². The Hall–Kier alpha value is -2.70. The lowest BCUT2D eigenvalue weighted by Crippen LogP contribution is -2.43. The molecule has 0 spiro atoms. The van der Waals surface area contributed by atoms with Gasteiger partial charge in [0.2, 0.25) is 0 Å². The summed E-state index contributed by atoms with van der Waals surface area (Å²) in [5.74, 6) is -1.46. The summed E-state index contributed by atoms with van der Waals surface area (Å²) >= 11 is 0. The maximum absolute atomic E-state index is 12.5. The molecule has 0 aromatic carbocycles. The minimum absolute atomic E-state index is 0.209. The second-order valence-electron chi connectivity index (χ2n) is 6.02. The van der Waals surface area contributed by atoms with Gasteiger partial charge in [0, 0.05) is 25.0 Å². The van der Waals surface area contributed by atoms with Crippen molar-refractivity contribution in [2.24, 2.45) is 0 Å². The molecule has 3 rings (SSSR count). The normalized spacial score (nSPS) is 16.0. The van der Waals surface area contributed by atoms with Crippen LogP contribution in [0.5, 0.6) is 0 Å². The minimum atomic E-state index is -1.06. The van der Waals surface area contributed by atoms with Crippen LogP contribution in [0.3, 0.4) is 0 Å². The lowest BCUT2D eigenvalue weighted by Gasteiger charge is -2.17. The fraction of sp³-hybridized carbons (Fsp3) is 0.412. The number of carbonyl (C=O) groups excluding carboxylic acids is 1. The van der Waals surface area contributed by atoms with Crippen LogP contribution >= 0.6 is 0 Å². The maximum atomic E-state index is 12.5. The zero-order valence-corrected chi connectivity index (χ0v) is 13.3. The third-order valence-electron chi connectivity index (χ3n) is 4.37. The van der Waals surface area contributed by atoms with E-state index in [1.54, 1.807) is 41.5 Å². The summed E-state index contributed by atoms with van der Waals surface area (Å²) in [5, 5.41) is 16.3. The van der Waals surface area contributed by atoms with Gasteiger partial charge in [-0.05, 0) is 36.6 Å². The van der Waals surface area contributed by atoms with Crippen molar-refractivity contribution in [2.75, 3.05) is 0 Å². The number of aromatic nitrogens is 3. The Morgan fingerprint density at radius 1 is 1.21 bits per heavy atom. The van der Waals surface area contributed by atoms with E-state index in [0.717, 1.165) is 31.2 Å². The van der Waals surface area contributed by atoms with Crippen molar-refractivity contribution in [1.29, 1.82) is 0 Å². The van der Waals surface area contributed by atoms with Crippen LogP contribution in [0.15, 0.2) is 36.8 Å². The zero-order chi connectivity index (χ0) is 16.9. The molecule has 1 amide bonds. The van der Waals surface area contributed by atoms with Crippen LogP contribution in [-0.2, 0) is 11.2 Å². The first kappa shape index (κ1) is 16.2. The van der Waals surface area contributed by atoms with Gasteiger partial charge in [0.1, 0.15) is 11.7 Å². The molecule has 2 aromatic heterocycles. The number of amides is 1. The lowest BCUT2D eigenvalue weighted by atomic mass is 10.1. The van der Waals surface area contributed by atoms with Crippen molar-refractivity contribution in [3.63, 3.8) is 0 Å². The van der Waals surface area contributed by atoms with Gasteiger partial charge in [-0.2, -0.15) is 5.10 Å². The van der Waals surface area contributed by atoms with Gasteiger partial charge >= 0.3 is 5.97 Å². The number of carbonyl (C=O) groups is 2. The summed E-state index contributed by atoms with van der Waals surface area (Å²) in [6.07, 6.45) is 9.27. The van der Waals surface area contributed by atoms with Gasteiger partial charge < -0.3 is 10.4 Å². The number of aliphatic carboxylic acids is 1. The van der Waals surface area contributed by atoms with Crippen LogP contribution in [0.25, 0.3) is 0 Å². The Labute approximate surface area is 139 Å². The second kappa shape index (κ2) is 7.25. The highest BCUT2D eigenvalue weighted by molar-refractivity contribution is 5.95. The summed E-state index contributed by atoms with van der Waals surface area (Å²) in [4.78, 5) is 27.9. The number of carboxylic acids is 1. The molecular formula is C17H20N4O3. The molecule has 1 atom stereocenters. The van der Waals surface area contributed by atoms with E-state index in [2.05, 4.69) is 15.4 Å². The molecular weight excluding hydrogens is 308 g/mol. The van der Waals surface area contributed by atoms with Gasteiger partial charge in [0.15, 0.2) is 0 Å². The molecule has 7 heteroatoms. The average molecular weight is 328 g/mol. The monoisotopic (exact) mass is 328 g/mol. The van der Waals surface area contributed by atoms with Gasteiger partial charge in [-0.25, -0.2) is 4.79 Å². The molecule has 1 aliphatic carbocycles. The molecule has 24 heavy (non-hydrogen) atoms. The number of carboxylic acid groups (broad SMARTS) is 1. The number of hydrogen-bond donors (Lipinski definition) is 2. The summed E-state index contributed by atoms with van der Waals surface area (Å²) in [6, 6.07) is 4.35. The Balaban J connectivity index is 1.72. The van der Waals surface area contributed by atoms with Crippen LogP contribution < -0.4 is 5.32 Å². The first-order valence-corrected chi connectivity index (χ1v) is 8.11. The van der Waals surface area contributed by atoms with E-state index in [9.17, 15) is 14.7 Å². The first-order chi connectivity index (χ1) is 11.6. The van der Waals surface area contributed by atoms with E-state index < -0.39 is 17.9 Å². The third-order valence-corrected chi connectivity index (χ3v) is 4.37. The van der Waals surface area contributed by atoms with Gasteiger partial charge in [-0.3, -0.25) is 14.5 Å². The smallest absolute Gasteiger partial charge is 0.326 e. The van der Waals surface area contributed by atoms with E-state index in [1.807, 2.05) is 0 Å². The molecule has 1 aliphatic rings. The fourth-order valence-corrected chi connectivity index (χ4v) is 3.12. The van der Waals surface area contributed by atoms with Gasteiger partial charge in [0.05, 0.1) is 6.04 Å². The molecule has 2 aromatic rings. The Morgan fingerprint density at radius 3 is 2.58 bits per heavy atom. The SMILES string of the molecule is O=C(NC(Cc1ccncc1)C(=O)O)c1ccnn1C1CCCC1. The fourth-order valence-electron chi connectivity index (χ4n) is 3.12. The van der Waals surface area contributed by atoms with Crippen molar-refractivity contribution >= 4 is 11.9 Å². The molecule has 0 radical (unpaired) electrons. The van der Waals surface area contributed by atoms with Crippen molar-refractivity contribution in [1.82, 2.24) is 20.1 Å². The molecule has 0 aliphatic heterocycles. The highest BCUT2D eigenvalue weighted by atomic mass is 16.4. The second-order valence-corrected chi connectivity index (χ2v) is 6.02. The van der Waals surface area contributed by atoms with Crippen LogP contribution in [0.4, 0.5) is 0 Å². The van der Waals surface area contributed by atoms with Crippen LogP contribution in [0.2, 0.25) is 0 Å². The zero-order valence-electron chi connectivity index (χ0n) is 13.3. The topological polar surface area (TPSA) is 97.1 Å². The Morgan fingerprint density at radius 2 is 1.92 bits per heavy atom. The highest BCUT2D eigenvalue weighted by Gasteiger charge is 2.26. The van der Waals surface area contributed by atoms with Crippen molar-refractivity contribution in [3.8, 4) is 0 Å². The largest absolute Gasteiger partial charge is 0.480 e. The molecule has 1 fully saturated rings. The van der Waals surface area contributed by atoms with Gasteiger partial charge in [-0.1, -0.05) is 12.8 Å². The number of nitrogens with one attached hydrogen (secondary N) is 1. The van der Waals surface area contributed by atoms with Crippen LogP contribution in [-0.4, -0.2) is 37.8 Å². The van der Waals surface area contributed by atoms with E-state index in [1.165, 1.54) is 0 Å². The molecule has 2 heterocycles. The average Bonchev–Trinajstić information content (AvgIpc) is 3.26. The van der Waals surface area contributed by atoms with Gasteiger partial charge in [-0.15, -0.1) is 0 Å². The number of rotatable bonds is 6. The predicted molar refractivity (Wildman–Crippen MR) is 86.6 cm³/mol. The van der Waals surface area contributed by atoms with E-state index in [-0.39, 0.29) is 12.5 Å². The molecule has 7 nitrogen and oxygen atoms in total. The number of hydrogen-bond acceptors (Lipinski definition) is 4. The molecule has 0 bridgehead atoms. The summed E-state index contributed by atoms with van der Waals surface area (Å²) in [5.41, 5.74) is 1.23. The number of nitrogens with zero attached hydrogens (tertiary/aromatic N) is 3. The number of pyridine rings is 1. The molecule has 2 N–H and O–H groups in total. The van der Waals surface area contributed by atoms with Crippen molar-refractivity contribution < 1.29 is 14.7 Å². The van der Waals surface area contributed by atoms with Crippen molar-refractivity contribution in [3.05, 3.63) is 48.0 Å². The van der Waals surface area contributed by atoms with Gasteiger partial charge in [0.25, 0.3) is 5.91 Å². The molecule has 126 valence electrons. The molecule has 1 unspecified atom stereocenters. The summed E-state index contributed by atoms with van der Waals surface area (Å²) < 4.78 is 1.73. The van der Waals surface area contributed by atoms with Crippen molar-refractivity contribution in [2.45, 2.75) is 44.2 Å². The highest BCUT2D eigenvalue weighted by Crippen LogP contribution is 2.29. The summed E-state index contributed by atoms with van der Waals surface area (Å²) in [7, 11) is 0. The standard InChI is InChI=1S/C17H20N4O3/c22-16(15-7-10-19-21(15)13-3-1-2-4-13)20-14(17(23)24)11-12-5-8-18-9-6-12/h5-10,13-14H,1-4,11H2,(H,20,22)(H,23,24). The molecule has 1 saturated carbocycles. The first-order valence-electron chi connectivity index (χ1n) is 8.11. The lowest BCUT2D eigenvalue weighted by molar-refractivity contribution is -0.139. The van der Waals surface area contributed by atoms with Crippen LogP contribution in [0.1, 0.15) is 47.8 Å². The Bertz CT molecular complexity index is 708.